The number of hydrogen-bond donors (Lipinski definition) is 2. The highest BCUT2D eigenvalue weighted by Gasteiger charge is 2.29. The Bertz CT molecular complexity index is 594. The van der Waals surface area contributed by atoms with Gasteiger partial charge in [-0.15, -0.1) is 0 Å². The molecule has 3 nitrogen and oxygen atoms in total. The minimum Gasteiger partial charge on any atom is -0.488 e. The normalized spacial score (nSPS) is 18.1. The summed E-state index contributed by atoms with van der Waals surface area (Å²) in [6.07, 6.45) is 1.88. The second kappa shape index (κ2) is 5.88. The summed E-state index contributed by atoms with van der Waals surface area (Å²) in [5.41, 5.74) is 8.09. The van der Waals surface area contributed by atoms with Crippen LogP contribution in [0, 0.1) is 13.8 Å². The molecule has 0 aliphatic carbocycles. The van der Waals surface area contributed by atoms with Crippen LogP contribution in [0.4, 0.5) is 0 Å². The molecule has 0 radical (unpaired) electrons. The Kier molecular flexibility index (Phi) is 3.95. The van der Waals surface area contributed by atoms with Crippen molar-refractivity contribution in [1.82, 2.24) is 5.43 Å². The fourth-order valence-corrected chi connectivity index (χ4v) is 3.17. The van der Waals surface area contributed by atoms with Crippen molar-refractivity contribution in [1.29, 1.82) is 0 Å². The first-order valence-corrected chi connectivity index (χ1v) is 7.43. The van der Waals surface area contributed by atoms with Crippen LogP contribution < -0.4 is 16.0 Å². The highest BCUT2D eigenvalue weighted by atomic mass is 16.5. The Morgan fingerprint density at radius 3 is 2.57 bits per heavy atom. The van der Waals surface area contributed by atoms with Gasteiger partial charge < -0.3 is 4.74 Å². The number of para-hydroxylation sites is 1. The molecule has 0 spiro atoms. The van der Waals surface area contributed by atoms with Crippen LogP contribution in [-0.4, -0.2) is 12.1 Å². The summed E-state index contributed by atoms with van der Waals surface area (Å²) in [5, 5.41) is 0. The van der Waals surface area contributed by atoms with Crippen LogP contribution in [-0.2, 0) is 12.8 Å². The van der Waals surface area contributed by atoms with E-state index in [9.17, 15) is 0 Å². The summed E-state index contributed by atoms with van der Waals surface area (Å²) < 4.78 is 6.05. The third-order valence-electron chi connectivity index (χ3n) is 4.07. The fraction of sp³-hybridized carbons (Fsp3) is 0.333. The predicted octanol–water partition coefficient (Wildman–Crippen LogP) is 2.68. The molecule has 0 aromatic heterocycles. The van der Waals surface area contributed by atoms with E-state index in [-0.39, 0.29) is 12.1 Å². The highest BCUT2D eigenvalue weighted by Crippen LogP contribution is 2.30. The van der Waals surface area contributed by atoms with Crippen molar-refractivity contribution in [3.63, 3.8) is 0 Å². The minimum absolute atomic E-state index is 0.0909. The summed E-state index contributed by atoms with van der Waals surface area (Å²) in [6.45, 7) is 4.26. The molecule has 2 atom stereocenters. The number of nitrogens with one attached hydrogen (secondary N) is 1. The van der Waals surface area contributed by atoms with Crippen molar-refractivity contribution in [3.8, 4) is 5.75 Å². The van der Waals surface area contributed by atoms with Gasteiger partial charge in [-0.2, -0.15) is 0 Å². The number of nitrogens with two attached hydrogens (primary N) is 1. The van der Waals surface area contributed by atoms with Gasteiger partial charge in [-0.25, -0.2) is 0 Å². The van der Waals surface area contributed by atoms with Gasteiger partial charge in [0.1, 0.15) is 11.9 Å². The highest BCUT2D eigenvalue weighted by molar-refractivity contribution is 5.38. The van der Waals surface area contributed by atoms with Crippen LogP contribution in [0.25, 0.3) is 0 Å². The van der Waals surface area contributed by atoms with E-state index >= 15 is 0 Å². The molecule has 0 amide bonds. The Balaban J connectivity index is 1.75. The predicted molar refractivity (Wildman–Crippen MR) is 85.3 cm³/mol. The lowest BCUT2D eigenvalue weighted by molar-refractivity contribution is 0.177. The molecule has 21 heavy (non-hydrogen) atoms. The maximum atomic E-state index is 6.05. The van der Waals surface area contributed by atoms with Crippen molar-refractivity contribution in [2.75, 3.05) is 0 Å². The molecule has 0 saturated heterocycles. The van der Waals surface area contributed by atoms with Gasteiger partial charge in [0.25, 0.3) is 0 Å². The van der Waals surface area contributed by atoms with Crippen molar-refractivity contribution < 1.29 is 4.74 Å². The zero-order valence-corrected chi connectivity index (χ0v) is 12.6. The minimum atomic E-state index is 0.0909. The van der Waals surface area contributed by atoms with Crippen LogP contribution in [0.15, 0.2) is 42.5 Å². The molecular weight excluding hydrogens is 260 g/mol. The molecule has 0 saturated carbocycles. The Labute approximate surface area is 126 Å². The van der Waals surface area contributed by atoms with Crippen LogP contribution >= 0.6 is 0 Å². The van der Waals surface area contributed by atoms with Crippen molar-refractivity contribution in [2.24, 2.45) is 5.84 Å². The van der Waals surface area contributed by atoms with E-state index < -0.39 is 0 Å². The lowest BCUT2D eigenvalue weighted by Crippen LogP contribution is -2.47. The third-order valence-corrected chi connectivity index (χ3v) is 4.07. The molecule has 3 rings (SSSR count). The zero-order valence-electron chi connectivity index (χ0n) is 12.6. The molecule has 3 heteroatoms. The van der Waals surface area contributed by atoms with E-state index in [0.717, 1.165) is 18.6 Å². The molecular formula is C18H22N2O. The number of rotatable bonds is 4. The molecule has 3 N–H and O–H groups in total. The summed E-state index contributed by atoms with van der Waals surface area (Å²) in [4.78, 5) is 0. The average molecular weight is 282 g/mol. The SMILES string of the molecule is Cc1cc(C)cc(CC(NN)C2Cc3ccccc3O2)c1. The van der Waals surface area contributed by atoms with Gasteiger partial charge in [0.15, 0.2) is 0 Å². The van der Waals surface area contributed by atoms with Gasteiger partial charge in [0.05, 0.1) is 6.04 Å². The molecule has 2 aromatic rings. The van der Waals surface area contributed by atoms with Crippen molar-refractivity contribution >= 4 is 0 Å². The molecule has 1 heterocycles. The fourth-order valence-electron chi connectivity index (χ4n) is 3.17. The molecule has 0 bridgehead atoms. The monoisotopic (exact) mass is 282 g/mol. The number of benzene rings is 2. The smallest absolute Gasteiger partial charge is 0.123 e. The number of ether oxygens (including phenoxy) is 1. The lowest BCUT2D eigenvalue weighted by atomic mass is 9.96. The van der Waals surface area contributed by atoms with Crippen LogP contribution in [0.3, 0.4) is 0 Å². The number of aryl methyl sites for hydroxylation is 2. The van der Waals surface area contributed by atoms with Gasteiger partial charge in [-0.05, 0) is 37.5 Å². The van der Waals surface area contributed by atoms with Crippen LogP contribution in [0.1, 0.15) is 22.3 Å². The second-order valence-corrected chi connectivity index (χ2v) is 5.94. The van der Waals surface area contributed by atoms with Gasteiger partial charge >= 0.3 is 0 Å². The van der Waals surface area contributed by atoms with Crippen molar-refractivity contribution in [3.05, 3.63) is 64.7 Å². The Morgan fingerprint density at radius 1 is 1.19 bits per heavy atom. The van der Waals surface area contributed by atoms with E-state index in [0.29, 0.717) is 0 Å². The van der Waals surface area contributed by atoms with Crippen molar-refractivity contribution in [2.45, 2.75) is 38.8 Å². The Morgan fingerprint density at radius 2 is 1.90 bits per heavy atom. The van der Waals surface area contributed by atoms with E-state index in [1.807, 2.05) is 12.1 Å². The maximum absolute atomic E-state index is 6.05. The summed E-state index contributed by atoms with van der Waals surface area (Å²) in [7, 11) is 0. The lowest BCUT2D eigenvalue weighted by Gasteiger charge is -2.23. The zero-order chi connectivity index (χ0) is 14.8. The first-order chi connectivity index (χ1) is 10.2. The summed E-state index contributed by atoms with van der Waals surface area (Å²) >= 11 is 0. The molecule has 0 fully saturated rings. The first kappa shape index (κ1) is 14.1. The van der Waals surface area contributed by atoms with Gasteiger partial charge in [-0.3, -0.25) is 11.3 Å². The number of hydrogen-bond acceptors (Lipinski definition) is 3. The second-order valence-electron chi connectivity index (χ2n) is 5.94. The average Bonchev–Trinajstić information content (AvgIpc) is 2.87. The molecule has 1 aliphatic rings. The molecule has 1 aliphatic heterocycles. The number of fused-ring (bicyclic) bond motifs is 1. The van der Waals surface area contributed by atoms with Gasteiger partial charge in [-0.1, -0.05) is 47.5 Å². The van der Waals surface area contributed by atoms with E-state index in [1.54, 1.807) is 0 Å². The maximum Gasteiger partial charge on any atom is 0.123 e. The van der Waals surface area contributed by atoms with Gasteiger partial charge in [0.2, 0.25) is 0 Å². The van der Waals surface area contributed by atoms with E-state index in [2.05, 4.69) is 49.6 Å². The van der Waals surface area contributed by atoms with Crippen LogP contribution in [0.2, 0.25) is 0 Å². The molecule has 110 valence electrons. The Hall–Kier alpha value is -1.84. The first-order valence-electron chi connectivity index (χ1n) is 7.43. The van der Waals surface area contributed by atoms with Crippen LogP contribution in [0.5, 0.6) is 5.75 Å². The number of hydrazine groups is 1. The third kappa shape index (κ3) is 3.09. The van der Waals surface area contributed by atoms with E-state index in [1.165, 1.54) is 22.3 Å². The van der Waals surface area contributed by atoms with E-state index in [4.69, 9.17) is 10.6 Å². The topological polar surface area (TPSA) is 47.3 Å². The molecule has 2 aromatic carbocycles. The van der Waals surface area contributed by atoms with Gasteiger partial charge in [0, 0.05) is 6.42 Å². The quantitative estimate of drug-likeness (QED) is 0.669. The summed E-state index contributed by atoms with van der Waals surface area (Å²) in [5.74, 6) is 6.77. The summed E-state index contributed by atoms with van der Waals surface area (Å²) in [6, 6.07) is 15.0. The standard InChI is InChI=1S/C18H22N2O/c1-12-7-13(2)9-14(8-12)10-16(20-19)18-11-15-5-3-4-6-17(15)21-18/h3-9,16,18,20H,10-11,19H2,1-2H3. The molecule has 2 unspecified atom stereocenters. The largest absolute Gasteiger partial charge is 0.488 e.